The predicted molar refractivity (Wildman–Crippen MR) is 82.6 cm³/mol. The van der Waals surface area contributed by atoms with E-state index in [-0.39, 0.29) is 5.82 Å². The first-order valence-electron chi connectivity index (χ1n) is 5.72. The third-order valence-electron chi connectivity index (χ3n) is 3.09. The number of halogens is 4. The monoisotopic (exact) mass is 336 g/mol. The van der Waals surface area contributed by atoms with Gasteiger partial charge in [-0.15, -0.1) is 34.5 Å². The van der Waals surface area contributed by atoms with Crippen molar-refractivity contribution < 1.29 is 4.39 Å². The lowest BCUT2D eigenvalue weighted by molar-refractivity contribution is 0.532. The van der Waals surface area contributed by atoms with Crippen LogP contribution < -0.4 is 0 Å². The normalized spacial score (nSPS) is 11.8. The molecular formula is C14H12Cl3FS. The fourth-order valence-corrected chi connectivity index (χ4v) is 4.00. The maximum Gasteiger partial charge on any atom is 0.123 e. The molecule has 0 atom stereocenters. The second-order valence-corrected chi connectivity index (χ2v) is 6.77. The molecule has 0 nitrogen and oxygen atoms in total. The number of hydrogen-bond acceptors (Lipinski definition) is 1. The molecule has 5 heteroatoms. The fourth-order valence-electron chi connectivity index (χ4n) is 1.99. The molecule has 102 valence electrons. The summed E-state index contributed by atoms with van der Waals surface area (Å²) in [5.41, 5.74) is 0.348. The van der Waals surface area contributed by atoms with Crippen molar-refractivity contribution in [2.45, 2.75) is 11.8 Å². The van der Waals surface area contributed by atoms with E-state index in [4.69, 9.17) is 34.8 Å². The Kier molecular flexibility index (Phi) is 5.13. The molecule has 0 radical (unpaired) electrons. The van der Waals surface area contributed by atoms with Gasteiger partial charge < -0.3 is 0 Å². The summed E-state index contributed by atoms with van der Waals surface area (Å²) in [6, 6.07) is 10.3. The van der Waals surface area contributed by atoms with E-state index in [0.29, 0.717) is 18.2 Å². The molecule has 0 aliphatic heterocycles. The zero-order valence-electron chi connectivity index (χ0n) is 10.0. The Bertz CT molecular complexity index is 549. The van der Waals surface area contributed by atoms with Crippen LogP contribution in [-0.2, 0) is 11.8 Å². The minimum Gasteiger partial charge on any atom is -0.207 e. The van der Waals surface area contributed by atoms with Crippen LogP contribution >= 0.6 is 46.1 Å². The lowest BCUT2D eigenvalue weighted by Gasteiger charge is -2.29. The SMILES string of the molecule is Fc1cccc(C(CCl)(CCl)Cc2ccc(Cl)s2)c1. The molecule has 0 spiro atoms. The van der Waals surface area contributed by atoms with E-state index in [1.54, 1.807) is 6.07 Å². The molecule has 0 bridgehead atoms. The number of benzene rings is 1. The quantitative estimate of drug-likeness (QED) is 0.632. The number of rotatable bonds is 5. The summed E-state index contributed by atoms with van der Waals surface area (Å²) in [7, 11) is 0. The van der Waals surface area contributed by atoms with Crippen molar-refractivity contribution in [3.63, 3.8) is 0 Å². The Morgan fingerprint density at radius 1 is 1.11 bits per heavy atom. The van der Waals surface area contributed by atoms with Crippen molar-refractivity contribution in [2.24, 2.45) is 0 Å². The van der Waals surface area contributed by atoms with Crippen LogP contribution in [0.4, 0.5) is 4.39 Å². The molecule has 0 aliphatic carbocycles. The van der Waals surface area contributed by atoms with Gasteiger partial charge in [-0.1, -0.05) is 23.7 Å². The first-order chi connectivity index (χ1) is 9.09. The third kappa shape index (κ3) is 3.43. The highest BCUT2D eigenvalue weighted by Crippen LogP contribution is 2.35. The average molecular weight is 338 g/mol. The average Bonchev–Trinajstić information content (AvgIpc) is 2.81. The molecule has 19 heavy (non-hydrogen) atoms. The van der Waals surface area contributed by atoms with Crippen molar-refractivity contribution in [1.82, 2.24) is 0 Å². The van der Waals surface area contributed by atoms with E-state index in [1.807, 2.05) is 18.2 Å². The van der Waals surface area contributed by atoms with Gasteiger partial charge in [0.2, 0.25) is 0 Å². The molecule has 2 aromatic rings. The van der Waals surface area contributed by atoms with Crippen LogP contribution in [-0.4, -0.2) is 11.8 Å². The smallest absolute Gasteiger partial charge is 0.123 e. The van der Waals surface area contributed by atoms with Crippen LogP contribution in [0.25, 0.3) is 0 Å². The van der Waals surface area contributed by atoms with Gasteiger partial charge in [-0.2, -0.15) is 0 Å². The lowest BCUT2D eigenvalue weighted by Crippen LogP contribution is -2.33. The topological polar surface area (TPSA) is 0 Å². The Hall–Kier alpha value is -0.280. The highest BCUT2D eigenvalue weighted by molar-refractivity contribution is 7.16. The maximum atomic E-state index is 13.4. The van der Waals surface area contributed by atoms with Gasteiger partial charge in [-0.3, -0.25) is 0 Å². The van der Waals surface area contributed by atoms with E-state index < -0.39 is 5.41 Å². The van der Waals surface area contributed by atoms with Crippen LogP contribution in [0.1, 0.15) is 10.4 Å². The minimum atomic E-state index is -0.473. The summed E-state index contributed by atoms with van der Waals surface area (Å²) < 4.78 is 14.1. The van der Waals surface area contributed by atoms with Gasteiger partial charge in [0.1, 0.15) is 5.82 Å². The van der Waals surface area contributed by atoms with Crippen molar-refractivity contribution in [1.29, 1.82) is 0 Å². The summed E-state index contributed by atoms with van der Waals surface area (Å²) in [5.74, 6) is 0.381. The second kappa shape index (κ2) is 6.45. The third-order valence-corrected chi connectivity index (χ3v) is 5.34. The second-order valence-electron chi connectivity index (χ2n) is 4.44. The Labute approximate surface area is 131 Å². The van der Waals surface area contributed by atoms with Crippen molar-refractivity contribution in [2.75, 3.05) is 11.8 Å². The first kappa shape index (κ1) is 15.1. The molecular weight excluding hydrogens is 326 g/mol. The molecule has 1 aromatic heterocycles. The van der Waals surface area contributed by atoms with Gasteiger partial charge in [0.05, 0.1) is 4.34 Å². The highest BCUT2D eigenvalue weighted by atomic mass is 35.5. The largest absolute Gasteiger partial charge is 0.207 e. The minimum absolute atomic E-state index is 0.277. The Morgan fingerprint density at radius 3 is 2.37 bits per heavy atom. The van der Waals surface area contributed by atoms with E-state index in [9.17, 15) is 4.39 Å². The molecule has 0 aliphatic rings. The first-order valence-corrected chi connectivity index (χ1v) is 7.98. The summed E-state index contributed by atoms with van der Waals surface area (Å²) >= 11 is 19.7. The molecule has 0 saturated carbocycles. The van der Waals surface area contributed by atoms with Gasteiger partial charge in [-0.25, -0.2) is 4.39 Å². The Morgan fingerprint density at radius 2 is 1.84 bits per heavy atom. The molecule has 0 fully saturated rings. The molecule has 2 rings (SSSR count). The summed E-state index contributed by atoms with van der Waals surface area (Å²) in [6.45, 7) is 0. The van der Waals surface area contributed by atoms with E-state index in [1.165, 1.54) is 23.5 Å². The zero-order valence-corrected chi connectivity index (χ0v) is 13.1. The van der Waals surface area contributed by atoms with Crippen LogP contribution in [0.2, 0.25) is 4.34 Å². The molecule has 0 N–H and O–H groups in total. The van der Waals surface area contributed by atoms with Crippen LogP contribution in [0.3, 0.4) is 0 Å². The number of hydrogen-bond donors (Lipinski definition) is 0. The van der Waals surface area contributed by atoms with Crippen molar-refractivity contribution in [3.8, 4) is 0 Å². The fraction of sp³-hybridized carbons (Fsp3) is 0.286. The summed E-state index contributed by atoms with van der Waals surface area (Å²) in [5, 5.41) is 0. The molecule has 1 aromatic carbocycles. The zero-order chi connectivity index (χ0) is 13.9. The van der Waals surface area contributed by atoms with Gasteiger partial charge >= 0.3 is 0 Å². The number of alkyl halides is 2. The van der Waals surface area contributed by atoms with Crippen molar-refractivity contribution >= 4 is 46.1 Å². The molecule has 0 saturated heterocycles. The van der Waals surface area contributed by atoms with Gasteiger partial charge in [0.25, 0.3) is 0 Å². The molecule has 1 heterocycles. The van der Waals surface area contributed by atoms with Gasteiger partial charge in [-0.05, 0) is 36.2 Å². The van der Waals surface area contributed by atoms with Crippen LogP contribution in [0, 0.1) is 5.82 Å². The maximum absolute atomic E-state index is 13.4. The highest BCUT2D eigenvalue weighted by Gasteiger charge is 2.32. The van der Waals surface area contributed by atoms with Crippen LogP contribution in [0.15, 0.2) is 36.4 Å². The van der Waals surface area contributed by atoms with Gasteiger partial charge in [0, 0.05) is 22.1 Å². The molecule has 0 amide bonds. The Balaban J connectivity index is 2.37. The van der Waals surface area contributed by atoms with E-state index in [2.05, 4.69) is 0 Å². The summed E-state index contributed by atoms with van der Waals surface area (Å²) in [4.78, 5) is 1.09. The van der Waals surface area contributed by atoms with Gasteiger partial charge in [0.15, 0.2) is 0 Å². The number of thiophene rings is 1. The van der Waals surface area contributed by atoms with E-state index in [0.717, 1.165) is 14.8 Å². The summed E-state index contributed by atoms with van der Waals surface area (Å²) in [6.07, 6.45) is 0.654. The van der Waals surface area contributed by atoms with Crippen LogP contribution in [0.5, 0.6) is 0 Å². The predicted octanol–water partition coefficient (Wildman–Crippen LogP) is 5.50. The lowest BCUT2D eigenvalue weighted by atomic mass is 9.80. The van der Waals surface area contributed by atoms with E-state index >= 15 is 0 Å². The van der Waals surface area contributed by atoms with Crippen molar-refractivity contribution in [3.05, 3.63) is 57.0 Å². The standard InChI is InChI=1S/C14H12Cl3FS/c15-8-14(9-16,7-12-4-5-13(17)19-12)10-2-1-3-11(18)6-10/h1-6H,7-9H2. The molecule has 0 unspecified atom stereocenters.